The highest BCUT2D eigenvalue weighted by Crippen LogP contribution is 2.24. The van der Waals surface area contributed by atoms with Crippen LogP contribution in [0.3, 0.4) is 0 Å². The van der Waals surface area contributed by atoms with E-state index in [2.05, 4.69) is 16.4 Å². The van der Waals surface area contributed by atoms with Crippen molar-refractivity contribution < 1.29 is 9.90 Å². The fraction of sp³-hybridized carbons (Fsp3) is 0.300. The Labute approximate surface area is 157 Å². The molecule has 2 aromatic carbocycles. The summed E-state index contributed by atoms with van der Waals surface area (Å²) in [5.41, 5.74) is 4.69. The summed E-state index contributed by atoms with van der Waals surface area (Å²) in [5, 5.41) is 12.8. The highest BCUT2D eigenvalue weighted by atomic mass is 35.5. The number of fused-ring (bicyclic) bond motifs is 1. The number of hydrogen-bond donors (Lipinski definition) is 2. The van der Waals surface area contributed by atoms with E-state index in [1.807, 2.05) is 24.5 Å². The lowest BCUT2D eigenvalue weighted by molar-refractivity contribution is 0.0974. The van der Waals surface area contributed by atoms with Crippen molar-refractivity contribution in [3.63, 3.8) is 0 Å². The number of benzene rings is 2. The topological polar surface area (TPSA) is 67.2 Å². The predicted molar refractivity (Wildman–Crippen MR) is 105 cm³/mol. The molecule has 0 bridgehead atoms. The van der Waals surface area contributed by atoms with Crippen molar-refractivity contribution in [2.24, 2.45) is 0 Å². The lowest BCUT2D eigenvalue weighted by atomic mass is 10.1. The molecule has 0 amide bonds. The zero-order valence-electron chi connectivity index (χ0n) is 14.9. The van der Waals surface area contributed by atoms with Crippen LogP contribution in [0.2, 0.25) is 5.02 Å². The smallest absolute Gasteiger partial charge is 0.204 e. The number of anilines is 1. The average Bonchev–Trinajstić information content (AvgIpc) is 2.93. The van der Waals surface area contributed by atoms with Gasteiger partial charge in [-0.2, -0.15) is 0 Å². The fourth-order valence-electron chi connectivity index (χ4n) is 2.82. The third-order valence-corrected chi connectivity index (χ3v) is 4.70. The molecular formula is C20H22ClN3O2. The van der Waals surface area contributed by atoms with Crippen molar-refractivity contribution in [1.82, 2.24) is 9.55 Å². The number of carbonyl (C=O) groups excluding carboxylic acids is 1. The number of aromatic nitrogens is 2. The van der Waals surface area contributed by atoms with E-state index in [4.69, 9.17) is 16.7 Å². The maximum absolute atomic E-state index is 12.7. The van der Waals surface area contributed by atoms with Crippen LogP contribution in [0.25, 0.3) is 11.0 Å². The molecule has 0 radical (unpaired) electrons. The molecule has 5 nitrogen and oxygen atoms in total. The zero-order valence-corrected chi connectivity index (χ0v) is 15.7. The van der Waals surface area contributed by atoms with Gasteiger partial charge in [0.2, 0.25) is 5.95 Å². The zero-order chi connectivity index (χ0) is 18.7. The van der Waals surface area contributed by atoms with Crippen LogP contribution in [0.1, 0.15) is 27.9 Å². The maximum atomic E-state index is 12.7. The third-order valence-electron chi connectivity index (χ3n) is 4.45. The maximum Gasteiger partial charge on any atom is 0.204 e. The molecule has 0 saturated heterocycles. The highest BCUT2D eigenvalue weighted by molar-refractivity contribution is 6.30. The molecule has 2 N–H and O–H groups in total. The van der Waals surface area contributed by atoms with Gasteiger partial charge in [-0.1, -0.05) is 11.6 Å². The Hall–Kier alpha value is -2.37. The summed E-state index contributed by atoms with van der Waals surface area (Å²) in [6.07, 6.45) is 0.617. The van der Waals surface area contributed by atoms with E-state index in [-0.39, 0.29) is 18.9 Å². The number of hydrogen-bond acceptors (Lipinski definition) is 4. The number of Topliss-reactive ketones (excluding diaryl/α,β-unsaturated/α-hetero) is 1. The minimum Gasteiger partial charge on any atom is -0.396 e. The van der Waals surface area contributed by atoms with Gasteiger partial charge in [0.25, 0.3) is 0 Å². The monoisotopic (exact) mass is 371 g/mol. The first-order chi connectivity index (χ1) is 12.5. The van der Waals surface area contributed by atoms with E-state index in [0.29, 0.717) is 29.5 Å². The quantitative estimate of drug-likeness (QED) is 0.487. The standard InChI is InChI=1S/C20H22ClN3O2/c1-13-10-17-18(11-14(13)2)24(20(23-17)22-8-3-9-25)12-19(26)15-4-6-16(21)7-5-15/h4-7,10-11,25H,3,8-9,12H2,1-2H3,(H,22,23). The van der Waals surface area contributed by atoms with E-state index in [9.17, 15) is 4.79 Å². The molecule has 0 aliphatic heterocycles. The van der Waals surface area contributed by atoms with E-state index in [1.54, 1.807) is 24.3 Å². The molecule has 0 aliphatic rings. The number of imidazole rings is 1. The number of rotatable bonds is 7. The normalized spacial score (nSPS) is 11.1. The van der Waals surface area contributed by atoms with Crippen LogP contribution >= 0.6 is 11.6 Å². The van der Waals surface area contributed by atoms with Gasteiger partial charge in [-0.25, -0.2) is 4.98 Å². The second kappa shape index (κ2) is 7.89. The van der Waals surface area contributed by atoms with E-state index in [0.717, 1.165) is 22.2 Å². The number of nitrogens with zero attached hydrogens (tertiary/aromatic N) is 2. The molecule has 0 unspecified atom stereocenters. The van der Waals surface area contributed by atoms with E-state index >= 15 is 0 Å². The van der Waals surface area contributed by atoms with Gasteiger partial charge in [-0.3, -0.25) is 4.79 Å². The Balaban J connectivity index is 1.97. The van der Waals surface area contributed by atoms with Crippen molar-refractivity contribution in [2.75, 3.05) is 18.5 Å². The molecule has 1 heterocycles. The van der Waals surface area contributed by atoms with E-state index in [1.165, 1.54) is 0 Å². The highest BCUT2D eigenvalue weighted by Gasteiger charge is 2.16. The summed E-state index contributed by atoms with van der Waals surface area (Å²) >= 11 is 5.91. The molecule has 0 saturated carbocycles. The molecule has 0 spiro atoms. The molecule has 26 heavy (non-hydrogen) atoms. The summed E-state index contributed by atoms with van der Waals surface area (Å²) in [6.45, 7) is 4.97. The summed E-state index contributed by atoms with van der Waals surface area (Å²) in [5.74, 6) is 0.630. The van der Waals surface area contributed by atoms with Gasteiger partial charge in [0.15, 0.2) is 5.78 Å². The van der Waals surface area contributed by atoms with Crippen molar-refractivity contribution in [2.45, 2.75) is 26.8 Å². The Bertz CT molecular complexity index is 932. The summed E-state index contributed by atoms with van der Waals surface area (Å²) in [6, 6.07) is 11.0. The molecule has 0 atom stereocenters. The van der Waals surface area contributed by atoms with Crippen LogP contribution < -0.4 is 5.32 Å². The van der Waals surface area contributed by atoms with Crippen LogP contribution in [0.5, 0.6) is 0 Å². The van der Waals surface area contributed by atoms with Crippen molar-refractivity contribution in [3.05, 3.63) is 58.1 Å². The Kier molecular flexibility index (Phi) is 5.59. The van der Waals surface area contributed by atoms with Crippen LogP contribution in [-0.2, 0) is 6.54 Å². The number of aryl methyl sites for hydroxylation is 2. The van der Waals surface area contributed by atoms with Gasteiger partial charge in [0.05, 0.1) is 17.6 Å². The minimum absolute atomic E-state index is 0.00981. The molecule has 3 rings (SSSR count). The average molecular weight is 372 g/mol. The van der Waals surface area contributed by atoms with Crippen molar-refractivity contribution in [3.8, 4) is 0 Å². The van der Waals surface area contributed by atoms with Gasteiger partial charge >= 0.3 is 0 Å². The summed E-state index contributed by atoms with van der Waals surface area (Å²) in [7, 11) is 0. The molecule has 136 valence electrons. The number of halogens is 1. The van der Waals surface area contributed by atoms with Gasteiger partial charge < -0.3 is 15.0 Å². The third kappa shape index (κ3) is 3.89. The molecule has 0 fully saturated rings. The molecule has 0 aliphatic carbocycles. The first-order valence-electron chi connectivity index (χ1n) is 8.60. The van der Waals surface area contributed by atoms with E-state index < -0.39 is 0 Å². The number of aliphatic hydroxyl groups excluding tert-OH is 1. The lowest BCUT2D eigenvalue weighted by Gasteiger charge is -2.11. The second-order valence-corrected chi connectivity index (χ2v) is 6.82. The molecule has 3 aromatic rings. The Morgan fingerprint density at radius 3 is 2.58 bits per heavy atom. The van der Waals surface area contributed by atoms with Gasteiger partial charge in [-0.15, -0.1) is 0 Å². The molecular weight excluding hydrogens is 350 g/mol. The summed E-state index contributed by atoms with van der Waals surface area (Å²) < 4.78 is 1.90. The van der Waals surface area contributed by atoms with Crippen LogP contribution in [-0.4, -0.2) is 33.6 Å². The first kappa shape index (κ1) is 18.4. The van der Waals surface area contributed by atoms with Gasteiger partial charge in [-0.05, 0) is 67.8 Å². The second-order valence-electron chi connectivity index (χ2n) is 6.38. The predicted octanol–water partition coefficient (Wildman–Crippen LogP) is 3.98. The van der Waals surface area contributed by atoms with Gasteiger partial charge in [0, 0.05) is 23.7 Å². The van der Waals surface area contributed by atoms with Crippen LogP contribution in [0, 0.1) is 13.8 Å². The largest absolute Gasteiger partial charge is 0.396 e. The lowest BCUT2D eigenvalue weighted by Crippen LogP contribution is -2.15. The first-order valence-corrected chi connectivity index (χ1v) is 8.98. The summed E-state index contributed by atoms with van der Waals surface area (Å²) in [4.78, 5) is 17.4. The number of nitrogens with one attached hydrogen (secondary N) is 1. The fourth-order valence-corrected chi connectivity index (χ4v) is 2.95. The van der Waals surface area contributed by atoms with Crippen LogP contribution in [0.15, 0.2) is 36.4 Å². The van der Waals surface area contributed by atoms with Gasteiger partial charge in [0.1, 0.15) is 0 Å². The Morgan fingerprint density at radius 2 is 1.88 bits per heavy atom. The number of aliphatic hydroxyl groups is 1. The van der Waals surface area contributed by atoms with Crippen LogP contribution in [0.4, 0.5) is 5.95 Å². The van der Waals surface area contributed by atoms with Crippen molar-refractivity contribution >= 4 is 34.4 Å². The van der Waals surface area contributed by atoms with Crippen molar-refractivity contribution in [1.29, 1.82) is 0 Å². The molecule has 6 heteroatoms. The SMILES string of the molecule is Cc1cc2nc(NCCCO)n(CC(=O)c3ccc(Cl)cc3)c2cc1C. The minimum atomic E-state index is -0.00981. The number of carbonyl (C=O) groups is 1. The Morgan fingerprint density at radius 1 is 1.19 bits per heavy atom. The number of ketones is 1. The molecule has 1 aromatic heterocycles.